The van der Waals surface area contributed by atoms with Crippen LogP contribution in [0.3, 0.4) is 0 Å². The maximum absolute atomic E-state index is 6.07. The van der Waals surface area contributed by atoms with E-state index >= 15 is 0 Å². The molecule has 0 bridgehead atoms. The summed E-state index contributed by atoms with van der Waals surface area (Å²) in [5.74, 6) is 0. The molecule has 1 unspecified atom stereocenters. The van der Waals surface area contributed by atoms with E-state index in [-0.39, 0.29) is 0 Å². The van der Waals surface area contributed by atoms with Crippen molar-refractivity contribution in [2.24, 2.45) is 0 Å². The number of fused-ring (bicyclic) bond motifs is 1. The first-order valence-electron chi connectivity index (χ1n) is 6.49. The van der Waals surface area contributed by atoms with Gasteiger partial charge in [-0.25, -0.2) is 0 Å². The highest BCUT2D eigenvalue weighted by Crippen LogP contribution is 2.34. The van der Waals surface area contributed by atoms with Crippen LogP contribution in [0, 0.1) is 0 Å². The molecule has 0 saturated carbocycles. The van der Waals surface area contributed by atoms with Gasteiger partial charge in [-0.1, -0.05) is 11.6 Å². The van der Waals surface area contributed by atoms with Crippen molar-refractivity contribution in [1.82, 2.24) is 4.90 Å². The summed E-state index contributed by atoms with van der Waals surface area (Å²) in [6.45, 7) is 4.28. The second-order valence-corrected chi connectivity index (χ2v) is 6.53. The summed E-state index contributed by atoms with van der Waals surface area (Å²) in [5, 5.41) is 2.91. The Hall–Kier alpha value is -1.03. The quantitative estimate of drug-likeness (QED) is 0.844. The lowest BCUT2D eigenvalue weighted by atomic mass is 10.0. The fourth-order valence-corrected chi connectivity index (χ4v) is 4.01. The van der Waals surface area contributed by atoms with E-state index in [1.807, 2.05) is 23.5 Å². The standard InChI is InChI=1S/C15H17ClN2S/c1-10-14-3-5-19-15(14)2-4-18(10)9-11-6-12(16)8-13(17)7-11/h3,5-8,10H,2,4,9,17H2,1H3. The summed E-state index contributed by atoms with van der Waals surface area (Å²) in [5.41, 5.74) is 9.27. The number of hydrogen-bond acceptors (Lipinski definition) is 3. The summed E-state index contributed by atoms with van der Waals surface area (Å²) in [4.78, 5) is 4.02. The molecule has 3 rings (SSSR count). The van der Waals surface area contributed by atoms with Crippen molar-refractivity contribution in [3.05, 3.63) is 50.7 Å². The van der Waals surface area contributed by atoms with Gasteiger partial charge in [0.2, 0.25) is 0 Å². The number of nitrogen functional groups attached to an aromatic ring is 1. The number of nitrogens with two attached hydrogens (primary N) is 1. The molecule has 1 aliphatic rings. The lowest BCUT2D eigenvalue weighted by molar-refractivity contribution is 0.191. The van der Waals surface area contributed by atoms with Crippen molar-refractivity contribution in [3.63, 3.8) is 0 Å². The number of benzene rings is 1. The van der Waals surface area contributed by atoms with E-state index < -0.39 is 0 Å². The van der Waals surface area contributed by atoms with E-state index in [0.717, 1.165) is 30.2 Å². The minimum Gasteiger partial charge on any atom is -0.399 e. The zero-order valence-electron chi connectivity index (χ0n) is 10.9. The van der Waals surface area contributed by atoms with Gasteiger partial charge in [-0.05, 0) is 54.1 Å². The molecule has 2 nitrogen and oxygen atoms in total. The molecule has 0 amide bonds. The Morgan fingerprint density at radius 3 is 3.05 bits per heavy atom. The van der Waals surface area contributed by atoms with Crippen molar-refractivity contribution in [1.29, 1.82) is 0 Å². The Morgan fingerprint density at radius 2 is 2.26 bits per heavy atom. The molecule has 2 heterocycles. The van der Waals surface area contributed by atoms with Gasteiger partial charge in [0.05, 0.1) is 0 Å². The molecule has 2 aromatic rings. The maximum atomic E-state index is 6.07. The van der Waals surface area contributed by atoms with Crippen LogP contribution in [-0.4, -0.2) is 11.4 Å². The Balaban J connectivity index is 1.81. The molecule has 1 aliphatic heterocycles. The van der Waals surface area contributed by atoms with Crippen molar-refractivity contribution in [2.75, 3.05) is 12.3 Å². The highest BCUT2D eigenvalue weighted by Gasteiger charge is 2.24. The van der Waals surface area contributed by atoms with Crippen LogP contribution in [0.5, 0.6) is 0 Å². The maximum Gasteiger partial charge on any atom is 0.0429 e. The minimum atomic E-state index is 0.468. The normalized spacial score (nSPS) is 19.4. The molecule has 0 radical (unpaired) electrons. The lowest BCUT2D eigenvalue weighted by Crippen LogP contribution is -2.32. The summed E-state index contributed by atoms with van der Waals surface area (Å²) in [6, 6.07) is 8.54. The van der Waals surface area contributed by atoms with Gasteiger partial charge >= 0.3 is 0 Å². The second kappa shape index (κ2) is 5.16. The highest BCUT2D eigenvalue weighted by molar-refractivity contribution is 7.10. The highest BCUT2D eigenvalue weighted by atomic mass is 35.5. The first-order chi connectivity index (χ1) is 9.13. The molecule has 100 valence electrons. The molecule has 2 N–H and O–H groups in total. The fraction of sp³-hybridized carbons (Fsp3) is 0.333. The number of thiophene rings is 1. The smallest absolute Gasteiger partial charge is 0.0429 e. The van der Waals surface area contributed by atoms with Crippen LogP contribution in [-0.2, 0) is 13.0 Å². The van der Waals surface area contributed by atoms with Gasteiger partial charge in [0.1, 0.15) is 0 Å². The number of nitrogens with zero attached hydrogens (tertiary/aromatic N) is 1. The fourth-order valence-electron chi connectivity index (χ4n) is 2.78. The van der Waals surface area contributed by atoms with Crippen LogP contribution in [0.2, 0.25) is 5.02 Å². The predicted molar refractivity (Wildman–Crippen MR) is 82.7 cm³/mol. The molecule has 19 heavy (non-hydrogen) atoms. The number of rotatable bonds is 2. The summed E-state index contributed by atoms with van der Waals surface area (Å²) in [6.07, 6.45) is 1.15. The van der Waals surface area contributed by atoms with E-state index in [4.69, 9.17) is 17.3 Å². The van der Waals surface area contributed by atoms with E-state index in [1.165, 1.54) is 16.0 Å². The first kappa shape index (κ1) is 13.0. The topological polar surface area (TPSA) is 29.3 Å². The largest absolute Gasteiger partial charge is 0.399 e. The van der Waals surface area contributed by atoms with Gasteiger partial charge < -0.3 is 5.73 Å². The van der Waals surface area contributed by atoms with Crippen molar-refractivity contribution < 1.29 is 0 Å². The Morgan fingerprint density at radius 1 is 1.42 bits per heavy atom. The number of hydrogen-bond donors (Lipinski definition) is 1. The van der Waals surface area contributed by atoms with Gasteiger partial charge in [0, 0.05) is 34.7 Å². The third-order valence-corrected chi connectivity index (χ3v) is 4.98. The van der Waals surface area contributed by atoms with E-state index in [0.29, 0.717) is 6.04 Å². The van der Waals surface area contributed by atoms with Gasteiger partial charge in [-0.3, -0.25) is 4.90 Å². The molecule has 1 atom stereocenters. The van der Waals surface area contributed by atoms with E-state index in [1.54, 1.807) is 6.07 Å². The van der Waals surface area contributed by atoms with Crippen LogP contribution >= 0.6 is 22.9 Å². The zero-order chi connectivity index (χ0) is 13.4. The minimum absolute atomic E-state index is 0.468. The number of halogens is 1. The molecule has 4 heteroatoms. The van der Waals surface area contributed by atoms with Crippen LogP contribution in [0.25, 0.3) is 0 Å². The first-order valence-corrected chi connectivity index (χ1v) is 7.74. The molecule has 0 aliphatic carbocycles. The van der Waals surface area contributed by atoms with Crippen LogP contribution in [0.1, 0.15) is 29.0 Å². The summed E-state index contributed by atoms with van der Waals surface area (Å²) >= 11 is 7.95. The summed E-state index contributed by atoms with van der Waals surface area (Å²) < 4.78 is 0. The molecular weight excluding hydrogens is 276 g/mol. The number of anilines is 1. The van der Waals surface area contributed by atoms with Crippen LogP contribution in [0.4, 0.5) is 5.69 Å². The van der Waals surface area contributed by atoms with Crippen molar-refractivity contribution in [3.8, 4) is 0 Å². The van der Waals surface area contributed by atoms with Gasteiger partial charge in [0.15, 0.2) is 0 Å². The Kier molecular flexibility index (Phi) is 3.52. The van der Waals surface area contributed by atoms with Gasteiger partial charge in [-0.2, -0.15) is 0 Å². The molecule has 0 spiro atoms. The van der Waals surface area contributed by atoms with Gasteiger partial charge in [-0.15, -0.1) is 11.3 Å². The molecule has 0 fully saturated rings. The molecule has 1 aromatic carbocycles. The third kappa shape index (κ3) is 2.64. The van der Waals surface area contributed by atoms with E-state index in [2.05, 4.69) is 23.3 Å². The third-order valence-electron chi connectivity index (χ3n) is 3.77. The molecule has 1 aromatic heterocycles. The second-order valence-electron chi connectivity index (χ2n) is 5.09. The zero-order valence-corrected chi connectivity index (χ0v) is 12.5. The SMILES string of the molecule is CC1c2ccsc2CCN1Cc1cc(N)cc(Cl)c1. The monoisotopic (exact) mass is 292 g/mol. The van der Waals surface area contributed by atoms with Crippen molar-refractivity contribution >= 4 is 28.6 Å². The van der Waals surface area contributed by atoms with Crippen molar-refractivity contribution in [2.45, 2.75) is 25.9 Å². The summed E-state index contributed by atoms with van der Waals surface area (Å²) in [7, 11) is 0. The van der Waals surface area contributed by atoms with Crippen LogP contribution < -0.4 is 5.73 Å². The Labute approximate surface area is 122 Å². The Bertz CT molecular complexity index is 573. The predicted octanol–water partition coefficient (Wildman–Crippen LogP) is 4.10. The molecule has 0 saturated heterocycles. The average Bonchev–Trinajstić information content (AvgIpc) is 2.80. The van der Waals surface area contributed by atoms with Gasteiger partial charge in [0.25, 0.3) is 0 Å². The average molecular weight is 293 g/mol. The van der Waals surface area contributed by atoms with Crippen LogP contribution in [0.15, 0.2) is 29.6 Å². The lowest BCUT2D eigenvalue weighted by Gasteiger charge is -2.33. The van der Waals surface area contributed by atoms with E-state index in [9.17, 15) is 0 Å². The molecular formula is C15H17ClN2S.